The SMILES string of the molecule is COc1ccc(NS(=O)(=O)c2cc(-c3sc(NC(=O)C4CCCC4)nc3C)ccc2C)nc1. The number of amides is 1. The van der Waals surface area contributed by atoms with Crippen molar-refractivity contribution in [3.05, 3.63) is 47.8 Å². The fraction of sp³-hybridized carbons (Fsp3) is 0.348. The number of benzene rings is 1. The predicted molar refractivity (Wildman–Crippen MR) is 129 cm³/mol. The molecule has 4 rings (SSSR count). The molecule has 1 amide bonds. The summed E-state index contributed by atoms with van der Waals surface area (Å²) in [6, 6.07) is 8.44. The Labute approximate surface area is 197 Å². The first-order valence-electron chi connectivity index (χ1n) is 10.7. The third-order valence-corrected chi connectivity index (χ3v) is 8.32. The number of carbonyl (C=O) groups is 1. The fourth-order valence-electron chi connectivity index (χ4n) is 3.90. The molecule has 0 atom stereocenters. The molecule has 0 saturated heterocycles. The highest BCUT2D eigenvalue weighted by molar-refractivity contribution is 7.92. The zero-order valence-corrected chi connectivity index (χ0v) is 20.3. The lowest BCUT2D eigenvalue weighted by molar-refractivity contribution is -0.119. The van der Waals surface area contributed by atoms with Gasteiger partial charge in [0.25, 0.3) is 10.0 Å². The Hall–Kier alpha value is -2.98. The highest BCUT2D eigenvalue weighted by Crippen LogP contribution is 2.35. The van der Waals surface area contributed by atoms with E-state index in [9.17, 15) is 13.2 Å². The number of anilines is 2. The van der Waals surface area contributed by atoms with Crippen LogP contribution in [0.1, 0.15) is 36.9 Å². The first kappa shape index (κ1) is 23.2. The van der Waals surface area contributed by atoms with Gasteiger partial charge in [0, 0.05) is 5.92 Å². The quantitative estimate of drug-likeness (QED) is 0.498. The summed E-state index contributed by atoms with van der Waals surface area (Å²) in [7, 11) is -2.35. The zero-order valence-electron chi connectivity index (χ0n) is 18.7. The van der Waals surface area contributed by atoms with Gasteiger partial charge in [-0.3, -0.25) is 9.52 Å². The van der Waals surface area contributed by atoms with Crippen LogP contribution in [0.4, 0.5) is 10.9 Å². The van der Waals surface area contributed by atoms with Gasteiger partial charge in [0.2, 0.25) is 5.91 Å². The van der Waals surface area contributed by atoms with E-state index in [2.05, 4.69) is 20.0 Å². The monoisotopic (exact) mass is 486 g/mol. The Morgan fingerprint density at radius 2 is 1.91 bits per heavy atom. The third-order valence-electron chi connectivity index (χ3n) is 5.70. The third kappa shape index (κ3) is 5.17. The number of nitrogens with zero attached hydrogens (tertiary/aromatic N) is 2. The van der Waals surface area contributed by atoms with Crippen LogP contribution in [0.5, 0.6) is 5.75 Å². The van der Waals surface area contributed by atoms with Crippen molar-refractivity contribution in [2.24, 2.45) is 5.92 Å². The number of carbonyl (C=O) groups excluding carboxylic acids is 1. The van der Waals surface area contributed by atoms with Gasteiger partial charge < -0.3 is 10.1 Å². The number of nitrogens with one attached hydrogen (secondary N) is 2. The van der Waals surface area contributed by atoms with Crippen molar-refractivity contribution in [1.29, 1.82) is 0 Å². The fourth-order valence-corrected chi connectivity index (χ4v) is 6.14. The molecule has 1 aromatic carbocycles. The number of aryl methyl sites for hydroxylation is 2. The van der Waals surface area contributed by atoms with Crippen molar-refractivity contribution in [1.82, 2.24) is 9.97 Å². The number of hydrogen-bond acceptors (Lipinski definition) is 7. The molecule has 1 aliphatic carbocycles. The Bertz CT molecular complexity index is 1260. The van der Waals surface area contributed by atoms with Crippen LogP contribution in [0.3, 0.4) is 0 Å². The van der Waals surface area contributed by atoms with Gasteiger partial charge in [-0.1, -0.05) is 36.3 Å². The number of aromatic nitrogens is 2. The number of methoxy groups -OCH3 is 1. The summed E-state index contributed by atoms with van der Waals surface area (Å²) >= 11 is 1.35. The molecule has 174 valence electrons. The van der Waals surface area contributed by atoms with Crippen LogP contribution in [0.15, 0.2) is 41.4 Å². The Morgan fingerprint density at radius 3 is 2.58 bits per heavy atom. The van der Waals surface area contributed by atoms with E-state index in [1.165, 1.54) is 24.6 Å². The standard InChI is InChI=1S/C23H26N4O4S2/c1-14-8-9-17(12-19(14)33(29,30)27-20-11-10-18(31-3)13-24-20)21-15(2)25-23(32-21)26-22(28)16-6-4-5-7-16/h8-13,16H,4-7H2,1-3H3,(H,24,27)(H,25,26,28). The smallest absolute Gasteiger partial charge is 0.263 e. The van der Waals surface area contributed by atoms with Gasteiger partial charge in [0.05, 0.1) is 28.8 Å². The topological polar surface area (TPSA) is 110 Å². The molecule has 0 unspecified atom stereocenters. The maximum atomic E-state index is 13.1. The van der Waals surface area contributed by atoms with Gasteiger partial charge in [0.1, 0.15) is 11.6 Å². The lowest BCUT2D eigenvalue weighted by atomic mass is 10.1. The van der Waals surface area contributed by atoms with Gasteiger partial charge in [-0.05, 0) is 56.0 Å². The minimum Gasteiger partial charge on any atom is -0.495 e. The van der Waals surface area contributed by atoms with Crippen LogP contribution >= 0.6 is 11.3 Å². The number of hydrogen-bond donors (Lipinski definition) is 2. The van der Waals surface area contributed by atoms with Crippen molar-refractivity contribution < 1.29 is 17.9 Å². The maximum Gasteiger partial charge on any atom is 0.263 e. The first-order chi connectivity index (χ1) is 15.8. The molecule has 1 saturated carbocycles. The second-order valence-electron chi connectivity index (χ2n) is 8.07. The van der Waals surface area contributed by atoms with Crippen molar-refractivity contribution in [3.8, 4) is 16.2 Å². The van der Waals surface area contributed by atoms with Crippen LogP contribution in [-0.2, 0) is 14.8 Å². The van der Waals surface area contributed by atoms with Gasteiger partial charge in [-0.25, -0.2) is 18.4 Å². The summed E-state index contributed by atoms with van der Waals surface area (Å²) in [6.45, 7) is 3.59. The normalized spacial score (nSPS) is 14.3. The average Bonchev–Trinajstić information content (AvgIpc) is 3.44. The van der Waals surface area contributed by atoms with Gasteiger partial charge in [-0.2, -0.15) is 0 Å². The summed E-state index contributed by atoms with van der Waals surface area (Å²) in [6.07, 6.45) is 5.45. The number of ether oxygens (including phenoxy) is 1. The van der Waals surface area contributed by atoms with E-state index in [1.54, 1.807) is 31.2 Å². The van der Waals surface area contributed by atoms with Gasteiger partial charge >= 0.3 is 0 Å². The van der Waals surface area contributed by atoms with Crippen LogP contribution in [0.25, 0.3) is 10.4 Å². The summed E-state index contributed by atoms with van der Waals surface area (Å²) in [5.74, 6) is 0.793. The molecular formula is C23H26N4O4S2. The van der Waals surface area contributed by atoms with Crippen LogP contribution in [0.2, 0.25) is 0 Å². The van der Waals surface area contributed by atoms with Crippen LogP contribution < -0.4 is 14.8 Å². The molecule has 2 N–H and O–H groups in total. The van der Waals surface area contributed by atoms with Crippen molar-refractivity contribution in [2.45, 2.75) is 44.4 Å². The Morgan fingerprint density at radius 1 is 1.15 bits per heavy atom. The lowest BCUT2D eigenvalue weighted by Crippen LogP contribution is -2.20. The van der Waals surface area contributed by atoms with Crippen LogP contribution in [0, 0.1) is 19.8 Å². The molecule has 2 aromatic heterocycles. The van der Waals surface area contributed by atoms with Crippen LogP contribution in [-0.4, -0.2) is 31.4 Å². The zero-order chi connectivity index (χ0) is 23.6. The molecule has 0 radical (unpaired) electrons. The first-order valence-corrected chi connectivity index (χ1v) is 13.0. The summed E-state index contributed by atoms with van der Waals surface area (Å²) in [5.41, 5.74) is 2.07. The van der Waals surface area contributed by atoms with E-state index < -0.39 is 10.0 Å². The minimum absolute atomic E-state index is 0.0103. The van der Waals surface area contributed by atoms with Gasteiger partial charge in [-0.15, -0.1) is 0 Å². The molecule has 0 bridgehead atoms. The molecule has 1 fully saturated rings. The van der Waals surface area contributed by atoms with E-state index in [0.29, 0.717) is 16.4 Å². The van der Waals surface area contributed by atoms with E-state index in [0.717, 1.165) is 41.8 Å². The number of rotatable bonds is 7. The molecule has 10 heteroatoms. The number of thiazole rings is 1. The van der Waals surface area contributed by atoms with Crippen molar-refractivity contribution in [2.75, 3.05) is 17.1 Å². The summed E-state index contributed by atoms with van der Waals surface area (Å²) in [4.78, 5) is 22.0. The Kier molecular flexibility index (Phi) is 6.66. The minimum atomic E-state index is -3.87. The summed E-state index contributed by atoms with van der Waals surface area (Å²) < 4.78 is 33.8. The second kappa shape index (κ2) is 9.48. The molecule has 33 heavy (non-hydrogen) atoms. The van der Waals surface area contributed by atoms with E-state index >= 15 is 0 Å². The molecule has 8 nitrogen and oxygen atoms in total. The average molecular weight is 487 g/mol. The Balaban J connectivity index is 1.59. The molecule has 1 aliphatic rings. The lowest BCUT2D eigenvalue weighted by Gasteiger charge is -2.11. The highest BCUT2D eigenvalue weighted by Gasteiger charge is 2.24. The molecule has 0 spiro atoms. The number of sulfonamides is 1. The summed E-state index contributed by atoms with van der Waals surface area (Å²) in [5, 5.41) is 3.46. The molecular weight excluding hydrogens is 460 g/mol. The highest BCUT2D eigenvalue weighted by atomic mass is 32.2. The van der Waals surface area contributed by atoms with E-state index in [1.807, 2.05) is 13.0 Å². The van der Waals surface area contributed by atoms with E-state index in [4.69, 9.17) is 4.74 Å². The number of pyridine rings is 1. The molecule has 2 heterocycles. The molecule has 3 aromatic rings. The molecule has 0 aliphatic heterocycles. The van der Waals surface area contributed by atoms with Gasteiger partial charge in [0.15, 0.2) is 5.13 Å². The predicted octanol–water partition coefficient (Wildman–Crippen LogP) is 4.76. The largest absolute Gasteiger partial charge is 0.495 e. The van der Waals surface area contributed by atoms with Crippen molar-refractivity contribution >= 4 is 38.2 Å². The van der Waals surface area contributed by atoms with Crippen molar-refractivity contribution in [3.63, 3.8) is 0 Å². The maximum absolute atomic E-state index is 13.1. The second-order valence-corrected chi connectivity index (χ2v) is 10.7. The van der Waals surface area contributed by atoms with E-state index in [-0.39, 0.29) is 22.5 Å².